The van der Waals surface area contributed by atoms with E-state index in [0.29, 0.717) is 65.5 Å². The monoisotopic (exact) mass is 912 g/mol. The van der Waals surface area contributed by atoms with Crippen LogP contribution in [0.2, 0.25) is 0 Å². The molecule has 2 aliphatic carbocycles. The average molecular weight is 913 g/mol. The van der Waals surface area contributed by atoms with Crippen LogP contribution < -0.4 is 16.0 Å². The zero-order valence-electron chi connectivity index (χ0n) is 32.6. The van der Waals surface area contributed by atoms with Crippen molar-refractivity contribution in [1.29, 1.82) is 0 Å². The van der Waals surface area contributed by atoms with Crippen LogP contribution in [-0.2, 0) is 35.8 Å². The van der Waals surface area contributed by atoms with Gasteiger partial charge in [0.2, 0.25) is 11.8 Å². The van der Waals surface area contributed by atoms with Crippen LogP contribution in [0.15, 0.2) is 73.1 Å². The molecule has 4 aliphatic rings. The van der Waals surface area contributed by atoms with Crippen molar-refractivity contribution in [3.8, 4) is 21.1 Å². The Morgan fingerprint density at radius 2 is 1.21 bits per heavy atom. The van der Waals surface area contributed by atoms with Crippen molar-refractivity contribution in [2.24, 2.45) is 11.8 Å². The molecule has 0 aromatic carbocycles. The lowest BCUT2D eigenvalue weighted by Gasteiger charge is -2.25. The van der Waals surface area contributed by atoms with Crippen molar-refractivity contribution in [2.75, 3.05) is 59.8 Å². The zero-order valence-corrected chi connectivity index (χ0v) is 35.8. The molecule has 2 aliphatic heterocycles. The Morgan fingerprint density at radius 3 is 1.67 bits per heavy atom. The van der Waals surface area contributed by atoms with Crippen LogP contribution in [0, 0.1) is 11.8 Å². The highest BCUT2D eigenvalue weighted by molar-refractivity contribution is 7.91. The number of pyridine rings is 2. The van der Waals surface area contributed by atoms with Gasteiger partial charge < -0.3 is 16.0 Å². The van der Waals surface area contributed by atoms with E-state index in [-0.39, 0.29) is 36.2 Å². The largest absolute Gasteiger partial charge is 0.315 e. The summed E-state index contributed by atoms with van der Waals surface area (Å²) in [7, 11) is -5.53. The third kappa shape index (κ3) is 10.6. The molecule has 2 saturated heterocycles. The summed E-state index contributed by atoms with van der Waals surface area (Å²) in [5.74, 6) is 0.115. The van der Waals surface area contributed by atoms with Gasteiger partial charge in [0.05, 0.1) is 73.3 Å². The van der Waals surface area contributed by atoms with Gasteiger partial charge in [0.15, 0.2) is 37.6 Å². The van der Waals surface area contributed by atoms with Crippen LogP contribution in [0.25, 0.3) is 32.4 Å². The van der Waals surface area contributed by atoms with Gasteiger partial charge >= 0.3 is 0 Å². The standard InChI is InChI=1S/C20H21FN4O3S2.C16H12FN3O2S.C4H9NO2S/c21-15-10-14(15)20(26)23-18-12-25-16(2-1-3-19(25)22-18)17-5-4-13(29-17)11-24-6-8-30(27,28)9-7-24;17-11-6-10(11)16(22)19-14-7-20-12(2-1-3-15(20)18-14)13-5-4-9(8-21)23-13;6-8(7)3-1-5-2-4-8/h1-5,12,14-15H,6-11H2,(H,23,26);1-5,7-8,10-11H,6H2,(H,19,22);5H,1-4H2/t14-,15-;10-,11-;/m00./s1. The third-order valence-corrected chi connectivity index (χ3v) is 15.9. The number of alkyl halides is 2. The van der Waals surface area contributed by atoms with Gasteiger partial charge in [0.25, 0.3) is 0 Å². The number of amides is 2. The molecule has 6 aromatic rings. The summed E-state index contributed by atoms with van der Waals surface area (Å²) in [6.45, 7) is 3.12. The molecule has 10 rings (SSSR count). The molecular weight excluding hydrogens is 871 g/mol. The van der Waals surface area contributed by atoms with Gasteiger partial charge in [-0.3, -0.25) is 28.1 Å². The summed E-state index contributed by atoms with van der Waals surface area (Å²) in [5.41, 5.74) is 3.20. The van der Waals surface area contributed by atoms with Crippen LogP contribution in [-0.4, -0.2) is 120 Å². The van der Waals surface area contributed by atoms with Gasteiger partial charge in [0, 0.05) is 37.6 Å². The molecule has 8 heterocycles. The number of fused-ring (bicyclic) bond motifs is 2. The van der Waals surface area contributed by atoms with Crippen molar-refractivity contribution < 1.29 is 40.0 Å². The molecule has 4 fully saturated rings. The molecule has 61 heavy (non-hydrogen) atoms. The predicted molar refractivity (Wildman–Crippen MR) is 231 cm³/mol. The molecule has 0 radical (unpaired) electrons. The van der Waals surface area contributed by atoms with Crippen molar-refractivity contribution in [1.82, 2.24) is 29.0 Å². The number of carbonyl (C=O) groups is 3. The van der Waals surface area contributed by atoms with E-state index in [9.17, 15) is 40.0 Å². The number of aromatic nitrogens is 4. The maximum absolute atomic E-state index is 13.1. The molecule has 0 bridgehead atoms. The predicted octanol–water partition coefficient (Wildman–Crippen LogP) is 4.77. The van der Waals surface area contributed by atoms with Crippen LogP contribution >= 0.6 is 22.7 Å². The minimum Gasteiger partial charge on any atom is -0.315 e. The molecular formula is C40H42F2N8O7S4. The second-order valence-electron chi connectivity index (χ2n) is 15.1. The van der Waals surface area contributed by atoms with E-state index >= 15 is 0 Å². The lowest BCUT2D eigenvalue weighted by atomic mass is 10.3. The number of hydrogen-bond acceptors (Lipinski definition) is 13. The molecule has 0 spiro atoms. The third-order valence-electron chi connectivity index (χ3n) is 10.5. The Kier molecular flexibility index (Phi) is 12.5. The van der Waals surface area contributed by atoms with E-state index in [0.717, 1.165) is 38.9 Å². The molecule has 6 aromatic heterocycles. The van der Waals surface area contributed by atoms with Crippen LogP contribution in [0.5, 0.6) is 0 Å². The van der Waals surface area contributed by atoms with E-state index < -0.39 is 43.9 Å². The molecule has 2 amide bonds. The lowest BCUT2D eigenvalue weighted by Crippen LogP contribution is -2.39. The Hall–Kier alpha value is -4.93. The van der Waals surface area contributed by atoms with Gasteiger partial charge in [0.1, 0.15) is 23.6 Å². The fourth-order valence-electron chi connectivity index (χ4n) is 6.82. The summed E-state index contributed by atoms with van der Waals surface area (Å²) in [6.07, 6.45) is 2.78. The Morgan fingerprint density at radius 1 is 0.721 bits per heavy atom. The smallest absolute Gasteiger partial charge is 0.231 e. The zero-order chi connectivity index (χ0) is 42.9. The Labute approximate surface area is 358 Å². The second-order valence-corrected chi connectivity index (χ2v) is 22.0. The summed E-state index contributed by atoms with van der Waals surface area (Å²) < 4.78 is 74.2. The minimum atomic E-state index is -2.88. The Balaban J connectivity index is 0.000000146. The highest BCUT2D eigenvalue weighted by Crippen LogP contribution is 2.36. The first-order chi connectivity index (χ1) is 29.2. The van der Waals surface area contributed by atoms with Crippen molar-refractivity contribution in [3.63, 3.8) is 0 Å². The highest BCUT2D eigenvalue weighted by Gasteiger charge is 2.44. The number of nitrogens with one attached hydrogen (secondary N) is 3. The fraction of sp³-hybridized carbons (Fsp3) is 0.375. The molecule has 322 valence electrons. The van der Waals surface area contributed by atoms with Crippen LogP contribution in [0.1, 0.15) is 27.4 Å². The number of thiophene rings is 2. The molecule has 2 saturated carbocycles. The number of sulfone groups is 2. The molecule has 3 N–H and O–H groups in total. The summed E-state index contributed by atoms with van der Waals surface area (Å²) in [4.78, 5) is 49.4. The van der Waals surface area contributed by atoms with Gasteiger partial charge in [-0.15, -0.1) is 22.7 Å². The number of anilines is 2. The van der Waals surface area contributed by atoms with Gasteiger partial charge in [-0.1, -0.05) is 12.1 Å². The van der Waals surface area contributed by atoms with Gasteiger partial charge in [-0.25, -0.2) is 35.6 Å². The van der Waals surface area contributed by atoms with Gasteiger partial charge in [-0.05, 0) is 61.4 Å². The molecule has 0 unspecified atom stereocenters. The van der Waals surface area contributed by atoms with E-state index in [1.54, 1.807) is 29.8 Å². The number of hydrogen-bond donors (Lipinski definition) is 3. The SMILES string of the molecule is O=C(Nc1cn2c(-c3ccc(CN4CCS(=O)(=O)CC4)s3)cccc2n1)[C@H]1C[C@@H]1F.O=Cc1ccc(-c2cccc3nc(NC(=O)[C@H]4C[C@@H]4F)cn23)s1.O=S1(=O)CCNCC1. The van der Waals surface area contributed by atoms with E-state index in [1.807, 2.05) is 57.3 Å². The number of imidazole rings is 2. The molecule has 15 nitrogen and oxygen atoms in total. The van der Waals surface area contributed by atoms with Crippen molar-refractivity contribution >= 4 is 83.4 Å². The van der Waals surface area contributed by atoms with Crippen molar-refractivity contribution in [2.45, 2.75) is 31.7 Å². The lowest BCUT2D eigenvalue weighted by molar-refractivity contribution is -0.118. The fourth-order valence-corrected chi connectivity index (χ4v) is 11.1. The summed E-state index contributed by atoms with van der Waals surface area (Å²) in [5, 5.41) is 8.32. The summed E-state index contributed by atoms with van der Waals surface area (Å²) in [6, 6.07) is 19.1. The van der Waals surface area contributed by atoms with Gasteiger partial charge in [-0.2, -0.15) is 0 Å². The normalized spacial score (nSPS) is 22.6. The quantitative estimate of drug-likeness (QED) is 0.169. The number of aldehydes is 1. The van der Waals surface area contributed by atoms with E-state index in [2.05, 4.69) is 36.9 Å². The number of carbonyl (C=O) groups excluding carboxylic acids is 3. The van der Waals surface area contributed by atoms with Crippen molar-refractivity contribution in [3.05, 3.63) is 82.8 Å². The number of halogens is 2. The first-order valence-corrected chi connectivity index (χ1v) is 24.9. The van der Waals surface area contributed by atoms with E-state index in [4.69, 9.17) is 0 Å². The van der Waals surface area contributed by atoms with E-state index in [1.165, 1.54) is 11.3 Å². The topological polar surface area (TPSA) is 193 Å². The highest BCUT2D eigenvalue weighted by atomic mass is 32.2. The minimum absolute atomic E-state index is 0.220. The van der Waals surface area contributed by atoms with Crippen LogP contribution in [0.4, 0.5) is 20.4 Å². The number of nitrogens with zero attached hydrogens (tertiary/aromatic N) is 5. The Bertz CT molecular complexity index is 2800. The van der Waals surface area contributed by atoms with Crippen LogP contribution in [0.3, 0.4) is 0 Å². The average Bonchev–Trinajstić information content (AvgIpc) is 3.74. The molecule has 4 atom stereocenters. The first-order valence-electron chi connectivity index (χ1n) is 19.6. The molecule has 21 heteroatoms. The second kappa shape index (κ2) is 17.8. The number of rotatable bonds is 9. The maximum Gasteiger partial charge on any atom is 0.231 e. The maximum atomic E-state index is 13.1. The summed E-state index contributed by atoms with van der Waals surface area (Å²) >= 11 is 3.04. The first kappa shape index (κ1) is 42.7.